The maximum Gasteiger partial charge on any atom is 0.258 e. The zero-order chi connectivity index (χ0) is 24.7. The lowest BCUT2D eigenvalue weighted by molar-refractivity contribution is 0.0744. The van der Waals surface area contributed by atoms with Crippen LogP contribution in [0.15, 0.2) is 35.2 Å². The number of hydrogen-bond donors (Lipinski definition) is 0. The molecule has 1 amide bonds. The predicted molar refractivity (Wildman–Crippen MR) is 133 cm³/mol. The number of anilines is 1. The Morgan fingerprint density at radius 1 is 1.09 bits per heavy atom. The molecule has 2 aliphatic rings. The van der Waals surface area contributed by atoms with Crippen molar-refractivity contribution in [1.82, 2.24) is 4.90 Å². The quantitative estimate of drug-likeness (QED) is 0.606. The minimum Gasteiger partial charge on any atom is -0.492 e. The molecule has 184 valence electrons. The third kappa shape index (κ3) is 5.50. The second-order valence-corrected chi connectivity index (χ2v) is 12.5. The van der Waals surface area contributed by atoms with Crippen LogP contribution in [0, 0.1) is 5.41 Å². The van der Waals surface area contributed by atoms with E-state index in [4.69, 9.17) is 21.1 Å². The summed E-state index contributed by atoms with van der Waals surface area (Å²) in [6.07, 6.45) is 1.13. The van der Waals surface area contributed by atoms with Crippen LogP contribution in [0.4, 0.5) is 5.69 Å². The minimum absolute atomic E-state index is 0.0910. The van der Waals surface area contributed by atoms with Crippen molar-refractivity contribution in [1.29, 1.82) is 0 Å². The SMILES string of the molecule is CC(C)(C)COc1ccc(S(C)(=O)=O)cc1C(=O)N1Cc2cc(Cl)c(N3CCOCC3)cc2C1. The molecule has 1 saturated heterocycles. The molecule has 0 saturated carbocycles. The second-order valence-electron chi connectivity index (χ2n) is 10.1. The number of sulfone groups is 1. The van der Waals surface area contributed by atoms with E-state index in [1.54, 1.807) is 11.0 Å². The van der Waals surface area contributed by atoms with Gasteiger partial charge in [-0.2, -0.15) is 0 Å². The topological polar surface area (TPSA) is 76.2 Å². The van der Waals surface area contributed by atoms with Crippen molar-refractivity contribution >= 4 is 33.0 Å². The molecule has 2 aromatic rings. The highest BCUT2D eigenvalue weighted by atomic mass is 35.5. The van der Waals surface area contributed by atoms with Gasteiger partial charge in [0.05, 0.1) is 41.0 Å². The molecule has 0 atom stereocenters. The predicted octanol–water partition coefficient (Wildman–Crippen LogP) is 4.16. The van der Waals surface area contributed by atoms with Crippen LogP contribution in [0.5, 0.6) is 5.75 Å². The van der Waals surface area contributed by atoms with E-state index in [9.17, 15) is 13.2 Å². The summed E-state index contributed by atoms with van der Waals surface area (Å²) in [5.41, 5.74) is 3.11. The van der Waals surface area contributed by atoms with Gasteiger partial charge in [0.2, 0.25) is 0 Å². The first-order valence-electron chi connectivity index (χ1n) is 11.3. The number of morpholine rings is 1. The van der Waals surface area contributed by atoms with Crippen LogP contribution in [0.3, 0.4) is 0 Å². The van der Waals surface area contributed by atoms with Crippen molar-refractivity contribution in [2.24, 2.45) is 5.41 Å². The fraction of sp³-hybridized carbons (Fsp3) is 0.480. The number of carbonyl (C=O) groups is 1. The Hall–Kier alpha value is -2.29. The fourth-order valence-corrected chi connectivity index (χ4v) is 5.05. The Morgan fingerprint density at radius 2 is 1.74 bits per heavy atom. The van der Waals surface area contributed by atoms with Crippen LogP contribution in [-0.2, 0) is 27.7 Å². The molecule has 0 radical (unpaired) electrons. The summed E-state index contributed by atoms with van der Waals surface area (Å²) in [6, 6.07) is 8.47. The lowest BCUT2D eigenvalue weighted by atomic mass is 9.98. The molecule has 2 heterocycles. The van der Waals surface area contributed by atoms with E-state index >= 15 is 0 Å². The third-order valence-corrected chi connectivity index (χ3v) is 7.31. The molecular weight excluding hydrogens is 476 g/mol. The third-order valence-electron chi connectivity index (χ3n) is 5.90. The van der Waals surface area contributed by atoms with Gasteiger partial charge in [-0.25, -0.2) is 8.42 Å². The smallest absolute Gasteiger partial charge is 0.258 e. The molecule has 0 N–H and O–H groups in total. The lowest BCUT2D eigenvalue weighted by Crippen LogP contribution is -2.36. The maximum absolute atomic E-state index is 13.6. The number of amides is 1. The Labute approximate surface area is 206 Å². The highest BCUT2D eigenvalue weighted by Crippen LogP contribution is 2.36. The van der Waals surface area contributed by atoms with E-state index in [2.05, 4.69) is 11.0 Å². The van der Waals surface area contributed by atoms with Gasteiger partial charge in [-0.3, -0.25) is 4.79 Å². The minimum atomic E-state index is -3.48. The number of ether oxygens (including phenoxy) is 2. The molecule has 0 aromatic heterocycles. The number of carbonyl (C=O) groups excluding carboxylic acids is 1. The molecule has 0 bridgehead atoms. The van der Waals surface area contributed by atoms with E-state index in [0.717, 1.165) is 36.2 Å². The van der Waals surface area contributed by atoms with Gasteiger partial charge in [0, 0.05) is 32.4 Å². The number of fused-ring (bicyclic) bond motifs is 1. The van der Waals surface area contributed by atoms with E-state index in [-0.39, 0.29) is 21.8 Å². The van der Waals surface area contributed by atoms with E-state index < -0.39 is 9.84 Å². The molecule has 2 aromatic carbocycles. The molecule has 7 nitrogen and oxygen atoms in total. The van der Waals surface area contributed by atoms with Gasteiger partial charge in [0.1, 0.15) is 5.75 Å². The first kappa shape index (κ1) is 24.8. The molecule has 9 heteroatoms. The van der Waals surface area contributed by atoms with Crippen molar-refractivity contribution in [3.8, 4) is 5.75 Å². The average molecular weight is 507 g/mol. The highest BCUT2D eigenvalue weighted by molar-refractivity contribution is 7.90. The summed E-state index contributed by atoms with van der Waals surface area (Å²) in [7, 11) is -3.48. The van der Waals surface area contributed by atoms with Crippen LogP contribution >= 0.6 is 11.6 Å². The molecule has 1 fully saturated rings. The van der Waals surface area contributed by atoms with Crippen LogP contribution in [0.1, 0.15) is 42.3 Å². The van der Waals surface area contributed by atoms with Gasteiger partial charge in [0.15, 0.2) is 9.84 Å². The normalized spacial score (nSPS) is 16.5. The van der Waals surface area contributed by atoms with Crippen LogP contribution in [0.25, 0.3) is 0 Å². The summed E-state index contributed by atoms with van der Waals surface area (Å²) in [6.45, 7) is 10.2. The van der Waals surface area contributed by atoms with Crippen molar-refractivity contribution in [3.63, 3.8) is 0 Å². The van der Waals surface area contributed by atoms with Crippen LogP contribution in [0.2, 0.25) is 5.02 Å². The van der Waals surface area contributed by atoms with E-state index in [1.165, 1.54) is 12.1 Å². The molecule has 0 spiro atoms. The highest BCUT2D eigenvalue weighted by Gasteiger charge is 2.29. The Kier molecular flexibility index (Phi) is 6.86. The van der Waals surface area contributed by atoms with Crippen molar-refractivity contribution in [2.45, 2.75) is 38.8 Å². The molecule has 0 aliphatic carbocycles. The first-order chi connectivity index (χ1) is 15.9. The van der Waals surface area contributed by atoms with Crippen molar-refractivity contribution in [3.05, 3.63) is 52.0 Å². The number of halogens is 1. The number of benzene rings is 2. The molecule has 2 aliphatic heterocycles. The van der Waals surface area contributed by atoms with E-state index in [1.807, 2.05) is 26.8 Å². The molecule has 4 rings (SSSR count). The molecular formula is C25H31ClN2O5S. The Morgan fingerprint density at radius 3 is 2.35 bits per heavy atom. The maximum atomic E-state index is 13.6. The standard InChI is InChI=1S/C25H31ClN2O5S/c1-25(2,3)16-33-23-6-5-19(34(4,30)31)13-20(23)24(29)28-14-17-11-21(26)22(12-18(17)15-28)27-7-9-32-10-8-27/h5-6,11-13H,7-10,14-16H2,1-4H3. The zero-order valence-corrected chi connectivity index (χ0v) is 21.6. The van der Waals surface area contributed by atoms with E-state index in [0.29, 0.717) is 43.7 Å². The summed E-state index contributed by atoms with van der Waals surface area (Å²) in [5, 5.41) is 0.656. The van der Waals surface area contributed by atoms with Gasteiger partial charge in [-0.05, 0) is 46.9 Å². The monoisotopic (exact) mass is 506 g/mol. The first-order valence-corrected chi connectivity index (χ1v) is 13.6. The lowest BCUT2D eigenvalue weighted by Gasteiger charge is -2.30. The summed E-state index contributed by atoms with van der Waals surface area (Å²) in [4.78, 5) is 17.6. The van der Waals surface area contributed by atoms with Crippen molar-refractivity contribution < 1.29 is 22.7 Å². The van der Waals surface area contributed by atoms with Gasteiger partial charge in [0.25, 0.3) is 5.91 Å². The number of hydrogen-bond acceptors (Lipinski definition) is 6. The van der Waals surface area contributed by atoms with Crippen LogP contribution < -0.4 is 9.64 Å². The Balaban J connectivity index is 1.62. The van der Waals surface area contributed by atoms with Gasteiger partial charge in [-0.15, -0.1) is 0 Å². The molecule has 0 unspecified atom stereocenters. The second kappa shape index (κ2) is 9.40. The average Bonchev–Trinajstić information content (AvgIpc) is 3.18. The largest absolute Gasteiger partial charge is 0.492 e. The van der Waals surface area contributed by atoms with Crippen molar-refractivity contribution in [2.75, 3.05) is 44.1 Å². The van der Waals surface area contributed by atoms with Gasteiger partial charge >= 0.3 is 0 Å². The Bertz CT molecular complexity index is 1200. The zero-order valence-electron chi connectivity index (χ0n) is 20.1. The summed E-state index contributed by atoms with van der Waals surface area (Å²) < 4.78 is 35.7. The molecule has 34 heavy (non-hydrogen) atoms. The number of nitrogens with zero attached hydrogens (tertiary/aromatic N) is 2. The van der Waals surface area contributed by atoms with Gasteiger partial charge < -0.3 is 19.3 Å². The number of rotatable bonds is 5. The fourth-order valence-electron chi connectivity index (χ4n) is 4.10. The van der Waals surface area contributed by atoms with Gasteiger partial charge in [-0.1, -0.05) is 32.4 Å². The van der Waals surface area contributed by atoms with Crippen LogP contribution in [-0.4, -0.2) is 58.4 Å². The summed E-state index contributed by atoms with van der Waals surface area (Å²) >= 11 is 6.59. The summed E-state index contributed by atoms with van der Waals surface area (Å²) in [5.74, 6) is 0.116.